The van der Waals surface area contributed by atoms with E-state index in [9.17, 15) is 15.0 Å². The van der Waals surface area contributed by atoms with Crippen molar-refractivity contribution in [1.82, 2.24) is 5.32 Å². The van der Waals surface area contributed by atoms with E-state index in [1.54, 1.807) is 6.08 Å². The van der Waals surface area contributed by atoms with Crippen LogP contribution in [-0.4, -0.2) is 34.9 Å². The number of amides is 1. The van der Waals surface area contributed by atoms with Crippen molar-refractivity contribution in [2.75, 3.05) is 6.61 Å². The molecule has 0 heterocycles. The Hall–Kier alpha value is -1.65. The van der Waals surface area contributed by atoms with Gasteiger partial charge in [0.15, 0.2) is 0 Å². The molecular formula is C50H93NO3. The highest BCUT2D eigenvalue weighted by atomic mass is 16.3. The zero-order valence-corrected chi connectivity index (χ0v) is 36.2. The first-order chi connectivity index (χ1) is 26.7. The Bertz CT molecular complexity index is 862. The van der Waals surface area contributed by atoms with E-state index < -0.39 is 12.1 Å². The zero-order valence-electron chi connectivity index (χ0n) is 36.2. The van der Waals surface area contributed by atoms with Crippen LogP contribution in [0.2, 0.25) is 0 Å². The van der Waals surface area contributed by atoms with Gasteiger partial charge in [0.25, 0.3) is 0 Å². The molecule has 54 heavy (non-hydrogen) atoms. The molecule has 0 rings (SSSR count). The van der Waals surface area contributed by atoms with E-state index in [1.165, 1.54) is 186 Å². The Morgan fingerprint density at radius 3 is 1.19 bits per heavy atom. The lowest BCUT2D eigenvalue weighted by Gasteiger charge is -2.19. The Morgan fingerprint density at radius 2 is 0.778 bits per heavy atom. The van der Waals surface area contributed by atoms with Gasteiger partial charge in [-0.25, -0.2) is 0 Å². The summed E-state index contributed by atoms with van der Waals surface area (Å²) in [7, 11) is 0. The fourth-order valence-electron chi connectivity index (χ4n) is 7.11. The highest BCUT2D eigenvalue weighted by molar-refractivity contribution is 5.76. The number of carbonyl (C=O) groups excluding carboxylic acids is 1. The van der Waals surface area contributed by atoms with Crippen molar-refractivity contribution >= 4 is 5.91 Å². The third kappa shape index (κ3) is 41.5. The van der Waals surface area contributed by atoms with Gasteiger partial charge in [0, 0.05) is 6.42 Å². The number of allylic oxidation sites excluding steroid dienone is 7. The fourth-order valence-corrected chi connectivity index (χ4v) is 7.11. The first kappa shape index (κ1) is 52.3. The molecule has 0 radical (unpaired) electrons. The van der Waals surface area contributed by atoms with E-state index in [-0.39, 0.29) is 12.5 Å². The first-order valence-corrected chi connectivity index (χ1v) is 23.9. The number of aliphatic hydroxyl groups is 2. The minimum absolute atomic E-state index is 0.0778. The average molecular weight is 756 g/mol. The third-order valence-electron chi connectivity index (χ3n) is 10.8. The van der Waals surface area contributed by atoms with Crippen LogP contribution in [0.15, 0.2) is 48.6 Å². The predicted octanol–water partition coefficient (Wildman–Crippen LogP) is 15.1. The number of aliphatic hydroxyl groups excluding tert-OH is 2. The number of hydrogen-bond acceptors (Lipinski definition) is 3. The van der Waals surface area contributed by atoms with Gasteiger partial charge in [-0.3, -0.25) is 4.79 Å². The lowest BCUT2D eigenvalue weighted by molar-refractivity contribution is -0.123. The van der Waals surface area contributed by atoms with Crippen LogP contribution >= 0.6 is 0 Å². The van der Waals surface area contributed by atoms with Gasteiger partial charge in [0.1, 0.15) is 0 Å². The molecule has 0 aliphatic heterocycles. The summed E-state index contributed by atoms with van der Waals surface area (Å²) < 4.78 is 0. The van der Waals surface area contributed by atoms with Crippen LogP contribution in [0.5, 0.6) is 0 Å². The lowest BCUT2D eigenvalue weighted by Crippen LogP contribution is -2.45. The molecule has 316 valence electrons. The Balaban J connectivity index is 3.59. The van der Waals surface area contributed by atoms with Gasteiger partial charge < -0.3 is 15.5 Å². The largest absolute Gasteiger partial charge is 0.394 e. The maximum atomic E-state index is 12.4. The van der Waals surface area contributed by atoms with Gasteiger partial charge in [0.05, 0.1) is 18.8 Å². The van der Waals surface area contributed by atoms with E-state index in [0.29, 0.717) is 6.42 Å². The molecule has 0 aromatic heterocycles. The molecule has 0 aromatic rings. The quantitative estimate of drug-likeness (QED) is 0.0429. The molecule has 4 heteroatoms. The predicted molar refractivity (Wildman–Crippen MR) is 239 cm³/mol. The molecule has 0 aliphatic carbocycles. The van der Waals surface area contributed by atoms with Crippen molar-refractivity contribution in [2.45, 2.75) is 257 Å². The van der Waals surface area contributed by atoms with Crippen LogP contribution in [0.25, 0.3) is 0 Å². The minimum Gasteiger partial charge on any atom is -0.394 e. The van der Waals surface area contributed by atoms with Crippen molar-refractivity contribution in [2.24, 2.45) is 0 Å². The van der Waals surface area contributed by atoms with E-state index in [1.807, 2.05) is 6.08 Å². The smallest absolute Gasteiger partial charge is 0.220 e. The van der Waals surface area contributed by atoms with E-state index in [0.717, 1.165) is 38.5 Å². The summed E-state index contributed by atoms with van der Waals surface area (Å²) in [6.45, 7) is 4.30. The lowest BCUT2D eigenvalue weighted by atomic mass is 10.0. The van der Waals surface area contributed by atoms with E-state index >= 15 is 0 Å². The normalized spacial score (nSPS) is 13.3. The van der Waals surface area contributed by atoms with Gasteiger partial charge in [0.2, 0.25) is 5.91 Å². The Labute approximate surface area is 337 Å². The SMILES string of the molecule is CCCCCCCCCCC/C=C\C/C=C\CCCCCCCCCCCC(=O)NC(CO)C(O)/C=C/CC/C=C/CCCCCCCCCCCCC. The second kappa shape index (κ2) is 45.7. The average Bonchev–Trinajstić information content (AvgIpc) is 3.18. The maximum Gasteiger partial charge on any atom is 0.220 e. The number of unbranched alkanes of at least 4 members (excludes halogenated alkanes) is 30. The van der Waals surface area contributed by atoms with Crippen molar-refractivity contribution in [1.29, 1.82) is 0 Å². The molecule has 0 saturated carbocycles. The molecule has 0 aromatic carbocycles. The van der Waals surface area contributed by atoms with Crippen LogP contribution < -0.4 is 5.32 Å². The first-order valence-electron chi connectivity index (χ1n) is 23.9. The summed E-state index contributed by atoms with van der Waals surface area (Å²) in [6, 6.07) is -0.642. The molecule has 0 bridgehead atoms. The molecule has 2 unspecified atom stereocenters. The number of carbonyl (C=O) groups is 1. The molecule has 3 N–H and O–H groups in total. The molecule has 2 atom stereocenters. The van der Waals surface area contributed by atoms with Crippen molar-refractivity contribution in [3.63, 3.8) is 0 Å². The molecular weight excluding hydrogens is 663 g/mol. The fraction of sp³-hybridized carbons (Fsp3) is 0.820. The van der Waals surface area contributed by atoms with Crippen molar-refractivity contribution < 1.29 is 15.0 Å². The zero-order chi connectivity index (χ0) is 39.3. The van der Waals surface area contributed by atoms with Gasteiger partial charge in [-0.15, -0.1) is 0 Å². The van der Waals surface area contributed by atoms with Gasteiger partial charge in [-0.05, 0) is 64.2 Å². The van der Waals surface area contributed by atoms with Crippen LogP contribution in [0.1, 0.15) is 245 Å². The standard InChI is InChI=1S/C50H93NO3/c1-3-5-7-9-11-13-15-17-19-21-22-23-24-25-26-27-28-30-32-34-36-38-40-42-44-46-50(54)51-48(47-52)49(53)45-43-41-39-37-35-33-31-29-20-18-16-14-12-10-8-6-4-2/h22-23,25-26,35,37,43,45,48-49,52-53H,3-21,24,27-34,36,38-42,44,46-47H2,1-2H3,(H,51,54)/b23-22-,26-25-,37-35+,45-43+. The van der Waals surface area contributed by atoms with E-state index in [4.69, 9.17) is 0 Å². The minimum atomic E-state index is -0.864. The molecule has 0 fully saturated rings. The number of rotatable bonds is 43. The van der Waals surface area contributed by atoms with Crippen LogP contribution in [-0.2, 0) is 4.79 Å². The topological polar surface area (TPSA) is 69.6 Å². The van der Waals surface area contributed by atoms with Crippen molar-refractivity contribution in [3.05, 3.63) is 48.6 Å². The van der Waals surface area contributed by atoms with Crippen LogP contribution in [0, 0.1) is 0 Å². The van der Waals surface area contributed by atoms with Crippen molar-refractivity contribution in [3.8, 4) is 0 Å². The van der Waals surface area contributed by atoms with Crippen LogP contribution in [0.3, 0.4) is 0 Å². The summed E-state index contributed by atoms with van der Waals surface area (Å²) in [5.41, 5.74) is 0. The summed E-state index contributed by atoms with van der Waals surface area (Å²) >= 11 is 0. The summed E-state index contributed by atoms with van der Waals surface area (Å²) in [5, 5.41) is 23.0. The molecule has 0 spiro atoms. The second-order valence-electron chi connectivity index (χ2n) is 16.2. The molecule has 1 amide bonds. The van der Waals surface area contributed by atoms with Gasteiger partial charge >= 0.3 is 0 Å². The Kier molecular flexibility index (Phi) is 44.3. The van der Waals surface area contributed by atoms with Gasteiger partial charge in [-0.2, -0.15) is 0 Å². The molecule has 0 aliphatic rings. The van der Waals surface area contributed by atoms with E-state index in [2.05, 4.69) is 55.6 Å². The highest BCUT2D eigenvalue weighted by Gasteiger charge is 2.17. The number of hydrogen-bond donors (Lipinski definition) is 3. The number of nitrogens with one attached hydrogen (secondary N) is 1. The Morgan fingerprint density at radius 1 is 0.444 bits per heavy atom. The maximum absolute atomic E-state index is 12.4. The summed E-state index contributed by atoms with van der Waals surface area (Å²) in [5.74, 6) is -0.0778. The third-order valence-corrected chi connectivity index (χ3v) is 10.8. The van der Waals surface area contributed by atoms with Gasteiger partial charge in [-0.1, -0.05) is 223 Å². The molecule has 0 saturated heterocycles. The van der Waals surface area contributed by atoms with Crippen LogP contribution in [0.4, 0.5) is 0 Å². The highest BCUT2D eigenvalue weighted by Crippen LogP contribution is 2.14. The monoisotopic (exact) mass is 756 g/mol. The summed E-state index contributed by atoms with van der Waals surface area (Å²) in [4.78, 5) is 12.4. The summed E-state index contributed by atoms with van der Waals surface area (Å²) in [6.07, 6.45) is 62.3. The molecule has 4 nitrogen and oxygen atoms in total. The second-order valence-corrected chi connectivity index (χ2v) is 16.2.